The molecule has 1 unspecified atom stereocenters. The summed E-state index contributed by atoms with van der Waals surface area (Å²) in [6.45, 7) is 18.0. The van der Waals surface area contributed by atoms with Gasteiger partial charge in [-0.1, -0.05) is 47.5 Å². The van der Waals surface area contributed by atoms with E-state index in [0.29, 0.717) is 32.7 Å². The first kappa shape index (κ1) is 38.2. The predicted octanol–water partition coefficient (Wildman–Crippen LogP) is 8.60. The molecule has 0 N–H and O–H groups in total. The Morgan fingerprint density at radius 3 is 1.73 bits per heavy atom. The van der Waals surface area contributed by atoms with Gasteiger partial charge in [0.2, 0.25) is 0 Å². The van der Waals surface area contributed by atoms with Gasteiger partial charge in [-0.05, 0) is 73.8 Å². The van der Waals surface area contributed by atoms with Crippen LogP contribution in [0.4, 0.5) is 0 Å². The maximum absolute atomic E-state index is 10.2. The molecular formula is C37H54N7+. The van der Waals surface area contributed by atoms with E-state index in [4.69, 9.17) is 5.26 Å². The molecule has 0 radical (unpaired) electrons. The molecular weight excluding hydrogens is 542 g/mol. The van der Waals surface area contributed by atoms with E-state index in [-0.39, 0.29) is 10.8 Å². The van der Waals surface area contributed by atoms with E-state index in [1.165, 1.54) is 6.92 Å². The number of hydrogen-bond donors (Lipinski definition) is 0. The molecule has 0 aromatic rings. The van der Waals surface area contributed by atoms with Gasteiger partial charge in [-0.25, -0.2) is 0 Å². The molecule has 0 spiro atoms. The van der Waals surface area contributed by atoms with Gasteiger partial charge in [0.25, 0.3) is 0 Å². The topological polar surface area (TPSA) is 122 Å². The fourth-order valence-electron chi connectivity index (χ4n) is 6.56. The Kier molecular flexibility index (Phi) is 14.1. The highest BCUT2D eigenvalue weighted by Gasteiger charge is 2.40. The number of allylic oxidation sites excluding steroid dienone is 8. The first-order chi connectivity index (χ1) is 20.5. The van der Waals surface area contributed by atoms with Gasteiger partial charge in [-0.2, -0.15) is 26.3 Å². The fraction of sp³-hybridized carbons (Fsp3) is 0.649. The number of rotatable bonds is 10. The van der Waals surface area contributed by atoms with Crippen LogP contribution in [0.25, 0.3) is 0 Å². The van der Waals surface area contributed by atoms with E-state index < -0.39 is 0 Å². The molecule has 0 heterocycles. The maximum atomic E-state index is 10.2. The van der Waals surface area contributed by atoms with Crippen molar-refractivity contribution in [2.45, 2.75) is 107 Å². The molecule has 1 atom stereocenters. The Morgan fingerprint density at radius 2 is 1.27 bits per heavy atom. The minimum absolute atomic E-state index is 0.00113. The van der Waals surface area contributed by atoms with Crippen molar-refractivity contribution in [3.05, 3.63) is 44.8 Å². The van der Waals surface area contributed by atoms with Crippen LogP contribution < -0.4 is 0 Å². The van der Waals surface area contributed by atoms with E-state index in [0.717, 1.165) is 87.0 Å². The maximum Gasteiger partial charge on any atom is 0.127 e. The van der Waals surface area contributed by atoms with Crippen molar-refractivity contribution in [2.75, 3.05) is 34.2 Å². The summed E-state index contributed by atoms with van der Waals surface area (Å²) in [6.07, 6.45) is 7.51. The molecule has 0 amide bonds. The average molecular weight is 597 g/mol. The molecule has 0 aliphatic heterocycles. The normalized spacial score (nSPS) is 20.4. The highest BCUT2D eigenvalue weighted by Crippen LogP contribution is 2.46. The molecule has 236 valence electrons. The van der Waals surface area contributed by atoms with Crippen molar-refractivity contribution in [1.29, 1.82) is 26.3 Å². The molecule has 0 aromatic heterocycles. The SMILES string of the molecule is CC#N.CCCC(CCN(C)C1=C(C#N)/C(=C(/C)C#N)CC(C)(C)C1)CC[N+](C)(C)C1=C(C#N)/C(=C(/C)C#N)CC(C)(C)C1. The Bertz CT molecular complexity index is 1400. The smallest absolute Gasteiger partial charge is 0.127 e. The zero-order valence-corrected chi connectivity index (χ0v) is 29.3. The van der Waals surface area contributed by atoms with Gasteiger partial charge in [-0.3, -0.25) is 4.48 Å². The quantitative estimate of drug-likeness (QED) is 0.184. The summed E-state index contributed by atoms with van der Waals surface area (Å²) in [5, 5.41) is 46.8. The lowest BCUT2D eigenvalue weighted by Crippen LogP contribution is -2.44. The first-order valence-corrected chi connectivity index (χ1v) is 15.8. The van der Waals surface area contributed by atoms with E-state index in [9.17, 15) is 21.0 Å². The van der Waals surface area contributed by atoms with Crippen molar-refractivity contribution >= 4 is 0 Å². The van der Waals surface area contributed by atoms with Gasteiger partial charge in [0.05, 0.1) is 44.4 Å². The van der Waals surface area contributed by atoms with Crippen molar-refractivity contribution in [1.82, 2.24) is 4.90 Å². The van der Waals surface area contributed by atoms with Crippen LogP contribution in [0.3, 0.4) is 0 Å². The third-order valence-electron chi connectivity index (χ3n) is 9.11. The van der Waals surface area contributed by atoms with E-state index in [1.54, 1.807) is 6.07 Å². The lowest BCUT2D eigenvalue weighted by molar-refractivity contribution is -0.855. The van der Waals surface area contributed by atoms with Crippen LogP contribution in [0.5, 0.6) is 0 Å². The largest absolute Gasteiger partial charge is 0.377 e. The van der Waals surface area contributed by atoms with Crippen LogP contribution in [-0.4, -0.2) is 43.6 Å². The summed E-state index contributed by atoms with van der Waals surface area (Å²) in [5.41, 5.74) is 6.70. The van der Waals surface area contributed by atoms with Crippen molar-refractivity contribution in [2.24, 2.45) is 16.7 Å². The minimum Gasteiger partial charge on any atom is -0.377 e. The summed E-state index contributed by atoms with van der Waals surface area (Å²) >= 11 is 0. The molecule has 0 bridgehead atoms. The zero-order chi connectivity index (χ0) is 33.9. The number of nitrogens with zero attached hydrogens (tertiary/aromatic N) is 7. The molecule has 7 heteroatoms. The molecule has 2 aliphatic carbocycles. The molecule has 2 rings (SSSR count). The number of hydrogen-bond acceptors (Lipinski definition) is 6. The van der Waals surface area contributed by atoms with E-state index in [1.807, 2.05) is 13.8 Å². The van der Waals surface area contributed by atoms with Gasteiger partial charge in [0.1, 0.15) is 23.4 Å². The standard InChI is InChI=1S/C35H51N6.C2H3N/c1-11-12-27(13-15-40(8)32-19-34(4,5)17-28(25(2)21-36)30(32)23-38)14-16-41(9,10)33-20-35(6,7)18-29(26(3)22-37)31(33)24-39;1-2-3/h27H,11-20H2,1-10H3;1H3/q+1;/b28-25-,29-26-;. The summed E-state index contributed by atoms with van der Waals surface area (Å²) in [4.78, 5) is 2.26. The summed E-state index contributed by atoms with van der Waals surface area (Å²) in [5.74, 6) is 0.525. The van der Waals surface area contributed by atoms with Crippen molar-refractivity contribution < 1.29 is 4.48 Å². The van der Waals surface area contributed by atoms with Gasteiger partial charge in [-0.15, -0.1) is 0 Å². The highest BCUT2D eigenvalue weighted by molar-refractivity contribution is 5.53. The Labute approximate surface area is 268 Å². The van der Waals surface area contributed by atoms with E-state index >= 15 is 0 Å². The Balaban J connectivity index is 0.00000309. The zero-order valence-electron chi connectivity index (χ0n) is 29.3. The first-order valence-electron chi connectivity index (χ1n) is 15.8. The summed E-state index contributed by atoms with van der Waals surface area (Å²) in [6, 6.07) is 11.2. The van der Waals surface area contributed by atoms with Gasteiger partial charge < -0.3 is 4.90 Å². The fourth-order valence-corrected chi connectivity index (χ4v) is 6.56. The Hall–Kier alpha value is -3.83. The number of quaternary nitrogens is 1. The van der Waals surface area contributed by atoms with Gasteiger partial charge in [0, 0.05) is 43.8 Å². The molecule has 7 nitrogen and oxygen atoms in total. The lowest BCUT2D eigenvalue weighted by atomic mass is 9.72. The van der Waals surface area contributed by atoms with Gasteiger partial charge >= 0.3 is 0 Å². The second-order valence-corrected chi connectivity index (χ2v) is 14.6. The summed E-state index contributed by atoms with van der Waals surface area (Å²) < 4.78 is 0.657. The second-order valence-electron chi connectivity index (χ2n) is 14.6. The molecule has 0 saturated heterocycles. The van der Waals surface area contributed by atoms with Gasteiger partial charge in [0.15, 0.2) is 0 Å². The summed E-state index contributed by atoms with van der Waals surface area (Å²) in [7, 11) is 6.51. The van der Waals surface area contributed by atoms with Crippen LogP contribution in [0, 0.1) is 73.4 Å². The molecule has 0 aromatic carbocycles. The van der Waals surface area contributed by atoms with Crippen LogP contribution in [0.1, 0.15) is 107 Å². The predicted molar refractivity (Wildman–Crippen MR) is 176 cm³/mol. The van der Waals surface area contributed by atoms with Crippen LogP contribution in [-0.2, 0) is 0 Å². The van der Waals surface area contributed by atoms with E-state index in [2.05, 4.69) is 84.9 Å². The monoisotopic (exact) mass is 596 g/mol. The molecule has 44 heavy (non-hydrogen) atoms. The average Bonchev–Trinajstić information content (AvgIpc) is 2.96. The Morgan fingerprint density at radius 1 is 0.795 bits per heavy atom. The third-order valence-corrected chi connectivity index (χ3v) is 9.11. The lowest BCUT2D eigenvalue weighted by Gasteiger charge is -2.41. The highest BCUT2D eigenvalue weighted by atomic mass is 15.3. The molecule has 0 saturated carbocycles. The number of nitriles is 5. The van der Waals surface area contributed by atoms with Crippen molar-refractivity contribution in [3.63, 3.8) is 0 Å². The molecule has 0 fully saturated rings. The van der Waals surface area contributed by atoms with Crippen LogP contribution in [0.2, 0.25) is 0 Å². The third kappa shape index (κ3) is 10.1. The minimum atomic E-state index is -0.00113. The van der Waals surface area contributed by atoms with Crippen molar-refractivity contribution in [3.8, 4) is 30.3 Å². The van der Waals surface area contributed by atoms with Crippen LogP contribution in [0.15, 0.2) is 44.8 Å². The molecule has 2 aliphatic rings. The second kappa shape index (κ2) is 16.3. The van der Waals surface area contributed by atoms with Crippen LogP contribution >= 0.6 is 0 Å².